The van der Waals surface area contributed by atoms with Gasteiger partial charge in [0.05, 0.1) is 6.54 Å². The van der Waals surface area contributed by atoms with Crippen LogP contribution in [0.1, 0.15) is 45.4 Å². The highest BCUT2D eigenvalue weighted by atomic mass is 31.1. The molecule has 142 valence electrons. The summed E-state index contributed by atoms with van der Waals surface area (Å²) in [5, 5.41) is 2.92. The van der Waals surface area contributed by atoms with Gasteiger partial charge in [-0.1, -0.05) is 33.0 Å². The molecule has 6 heteroatoms. The van der Waals surface area contributed by atoms with Gasteiger partial charge in [0, 0.05) is 33.7 Å². The van der Waals surface area contributed by atoms with Gasteiger partial charge in [0.2, 0.25) is 11.8 Å². The van der Waals surface area contributed by atoms with E-state index in [0.717, 1.165) is 46.8 Å². The first-order valence-corrected chi connectivity index (χ1v) is 10.5. The van der Waals surface area contributed by atoms with Crippen LogP contribution in [0.3, 0.4) is 0 Å². The third-order valence-corrected chi connectivity index (χ3v) is 5.44. The van der Waals surface area contributed by atoms with Crippen molar-refractivity contribution in [3.8, 4) is 0 Å². The van der Waals surface area contributed by atoms with Crippen LogP contribution < -0.4 is 5.32 Å². The lowest BCUT2D eigenvalue weighted by Crippen LogP contribution is -2.38. The Morgan fingerprint density at radius 1 is 1.32 bits per heavy atom. The smallest absolute Gasteiger partial charge is 0.239 e. The Morgan fingerprint density at radius 3 is 2.84 bits per heavy atom. The summed E-state index contributed by atoms with van der Waals surface area (Å²) in [6, 6.07) is 0. The van der Waals surface area contributed by atoms with E-state index in [-0.39, 0.29) is 18.4 Å². The van der Waals surface area contributed by atoms with E-state index in [4.69, 9.17) is 4.74 Å². The molecule has 0 aromatic carbocycles. The van der Waals surface area contributed by atoms with Gasteiger partial charge in [-0.2, -0.15) is 0 Å². The van der Waals surface area contributed by atoms with Crippen LogP contribution in [0, 0.1) is 0 Å². The highest BCUT2D eigenvalue weighted by Crippen LogP contribution is 2.29. The molecule has 0 radical (unpaired) electrons. The minimum atomic E-state index is -0.0821. The molecule has 5 nitrogen and oxygen atoms in total. The van der Waals surface area contributed by atoms with Crippen molar-refractivity contribution in [1.29, 1.82) is 0 Å². The topological polar surface area (TPSA) is 58.6 Å². The van der Waals surface area contributed by atoms with E-state index in [1.807, 2.05) is 0 Å². The molecule has 1 atom stereocenters. The molecule has 0 saturated heterocycles. The quantitative estimate of drug-likeness (QED) is 0.425. The first kappa shape index (κ1) is 21.9. The van der Waals surface area contributed by atoms with E-state index < -0.39 is 0 Å². The molecule has 0 aliphatic carbocycles. The number of methoxy groups -OCH3 is 1. The van der Waals surface area contributed by atoms with Crippen molar-refractivity contribution in [3.05, 3.63) is 23.0 Å². The fourth-order valence-electron chi connectivity index (χ4n) is 2.65. The third kappa shape index (κ3) is 9.76. The number of hydrogen-bond donors (Lipinski definition) is 1. The molecule has 1 N–H and O–H groups in total. The number of allylic oxidation sites excluding steroid dienone is 3. The Morgan fingerprint density at radius 2 is 2.12 bits per heavy atom. The lowest BCUT2D eigenvalue weighted by Gasteiger charge is -2.17. The van der Waals surface area contributed by atoms with Crippen molar-refractivity contribution in [1.82, 2.24) is 10.2 Å². The fourth-order valence-corrected chi connectivity index (χ4v) is 3.84. The normalized spacial score (nSPS) is 14.8. The SMILES string of the molecule is CCC1=CPCC(CCCNC(=O)CN(C)C(=O)CCCCOC)=C1. The second-order valence-electron chi connectivity index (χ2n) is 6.41. The Kier molecular flexibility index (Phi) is 11.4. The molecule has 0 aromatic heterocycles. The van der Waals surface area contributed by atoms with Gasteiger partial charge in [-0.25, -0.2) is 0 Å². The van der Waals surface area contributed by atoms with Crippen molar-refractivity contribution < 1.29 is 14.3 Å². The maximum absolute atomic E-state index is 11.9. The van der Waals surface area contributed by atoms with Crippen LogP contribution in [0.25, 0.3) is 0 Å². The van der Waals surface area contributed by atoms with E-state index in [1.165, 1.54) is 16.0 Å². The average molecular weight is 368 g/mol. The van der Waals surface area contributed by atoms with Crippen LogP contribution in [0.2, 0.25) is 0 Å². The first-order chi connectivity index (χ1) is 12.1. The summed E-state index contributed by atoms with van der Waals surface area (Å²) < 4.78 is 4.96. The number of nitrogens with zero attached hydrogens (tertiary/aromatic N) is 1. The van der Waals surface area contributed by atoms with Gasteiger partial charge in [0.1, 0.15) is 0 Å². The van der Waals surface area contributed by atoms with Gasteiger partial charge >= 0.3 is 0 Å². The van der Waals surface area contributed by atoms with Crippen molar-refractivity contribution in [3.63, 3.8) is 0 Å². The molecule has 1 aliphatic heterocycles. The molecule has 1 rings (SSSR count). The monoisotopic (exact) mass is 368 g/mol. The summed E-state index contributed by atoms with van der Waals surface area (Å²) in [5.41, 5.74) is 2.93. The van der Waals surface area contributed by atoms with Gasteiger partial charge in [-0.15, -0.1) is 0 Å². The van der Waals surface area contributed by atoms with Crippen molar-refractivity contribution in [2.24, 2.45) is 0 Å². The van der Waals surface area contributed by atoms with Crippen LogP contribution in [0.4, 0.5) is 0 Å². The van der Waals surface area contributed by atoms with Gasteiger partial charge in [-0.05, 0) is 43.8 Å². The Balaban J connectivity index is 2.14. The zero-order valence-electron chi connectivity index (χ0n) is 15.9. The summed E-state index contributed by atoms with van der Waals surface area (Å²) in [5.74, 6) is 2.27. The van der Waals surface area contributed by atoms with Gasteiger partial charge < -0.3 is 15.0 Å². The predicted molar refractivity (Wildman–Crippen MR) is 105 cm³/mol. The van der Waals surface area contributed by atoms with Crippen LogP contribution >= 0.6 is 8.58 Å². The average Bonchev–Trinajstić information content (AvgIpc) is 2.62. The second-order valence-corrected chi connectivity index (χ2v) is 7.46. The van der Waals surface area contributed by atoms with Crippen LogP contribution in [-0.4, -0.2) is 56.7 Å². The van der Waals surface area contributed by atoms with Gasteiger partial charge in [0.25, 0.3) is 0 Å². The second kappa shape index (κ2) is 13.1. The summed E-state index contributed by atoms with van der Waals surface area (Å²) in [6.07, 6.45) is 8.70. The van der Waals surface area contributed by atoms with Crippen LogP contribution in [0.5, 0.6) is 0 Å². The number of likely N-dealkylation sites (N-methyl/N-ethyl adjacent to an activating group) is 1. The molecule has 0 saturated carbocycles. The number of ether oxygens (including phenoxy) is 1. The minimum Gasteiger partial charge on any atom is -0.385 e. The number of rotatable bonds is 12. The van der Waals surface area contributed by atoms with Crippen LogP contribution in [-0.2, 0) is 14.3 Å². The maximum Gasteiger partial charge on any atom is 0.239 e. The predicted octanol–water partition coefficient (Wildman–Crippen LogP) is 3.07. The Hall–Kier alpha value is -1.19. The lowest BCUT2D eigenvalue weighted by atomic mass is 10.1. The molecule has 1 heterocycles. The molecule has 25 heavy (non-hydrogen) atoms. The van der Waals surface area contributed by atoms with Gasteiger partial charge in [-0.3, -0.25) is 9.59 Å². The largest absolute Gasteiger partial charge is 0.385 e. The molecule has 1 aliphatic rings. The number of amides is 2. The highest BCUT2D eigenvalue weighted by molar-refractivity contribution is 7.42. The molecule has 2 amide bonds. The molecule has 0 bridgehead atoms. The van der Waals surface area contributed by atoms with E-state index in [2.05, 4.69) is 24.1 Å². The van der Waals surface area contributed by atoms with Crippen molar-refractivity contribution >= 4 is 20.4 Å². The van der Waals surface area contributed by atoms with E-state index in [1.54, 1.807) is 14.2 Å². The van der Waals surface area contributed by atoms with Crippen molar-refractivity contribution in [2.75, 3.05) is 40.0 Å². The zero-order chi connectivity index (χ0) is 18.5. The number of nitrogens with one attached hydrogen (secondary N) is 1. The number of unbranched alkanes of at least 4 members (excludes halogenated alkanes) is 1. The van der Waals surface area contributed by atoms with E-state index >= 15 is 0 Å². The molecular formula is C19H33N2O3P. The van der Waals surface area contributed by atoms with Gasteiger partial charge in [0.15, 0.2) is 0 Å². The molecule has 0 spiro atoms. The third-order valence-electron chi connectivity index (χ3n) is 4.21. The highest BCUT2D eigenvalue weighted by Gasteiger charge is 2.12. The van der Waals surface area contributed by atoms with E-state index in [0.29, 0.717) is 19.6 Å². The fraction of sp³-hybridized carbons (Fsp3) is 0.684. The number of carbonyl (C=O) groups is 2. The number of carbonyl (C=O) groups excluding carboxylic acids is 2. The Bertz CT molecular complexity index is 489. The van der Waals surface area contributed by atoms with E-state index in [9.17, 15) is 9.59 Å². The summed E-state index contributed by atoms with van der Waals surface area (Å²) in [7, 11) is 4.24. The zero-order valence-corrected chi connectivity index (χ0v) is 16.9. The lowest BCUT2D eigenvalue weighted by molar-refractivity contribution is -0.134. The minimum absolute atomic E-state index is 0.0125. The maximum atomic E-state index is 11.9. The number of hydrogen-bond acceptors (Lipinski definition) is 3. The summed E-state index contributed by atoms with van der Waals surface area (Å²) >= 11 is 0. The first-order valence-electron chi connectivity index (χ1n) is 9.18. The molecule has 1 unspecified atom stereocenters. The van der Waals surface area contributed by atoms with Crippen molar-refractivity contribution in [2.45, 2.75) is 45.4 Å². The summed E-state index contributed by atoms with van der Waals surface area (Å²) in [4.78, 5) is 25.4. The standard InChI is InChI=1S/C19H33N2O3P/c1-4-16-12-17(15-25-14-16)8-7-10-20-18(22)13-21(2)19(23)9-5-6-11-24-3/h12,14,25H,4-11,13,15H2,1-3H3,(H,20,22). The molecule has 0 aromatic rings. The molecule has 0 fully saturated rings. The molecular weight excluding hydrogens is 335 g/mol. The van der Waals surface area contributed by atoms with Crippen LogP contribution in [0.15, 0.2) is 23.0 Å². The summed E-state index contributed by atoms with van der Waals surface area (Å²) in [6.45, 7) is 3.66. The Labute approximate surface area is 154 Å².